The summed E-state index contributed by atoms with van der Waals surface area (Å²) in [5.41, 5.74) is 0.310. The summed E-state index contributed by atoms with van der Waals surface area (Å²) in [6, 6.07) is 6.20. The number of halogens is 1. The van der Waals surface area contributed by atoms with Crippen LogP contribution in [0.1, 0.15) is 12.3 Å². The molecule has 1 N–H and O–H groups in total. The third-order valence-electron chi connectivity index (χ3n) is 3.94. The number of nitrogens with zero attached hydrogens (tertiary/aromatic N) is 2. The molecule has 2 heterocycles. The largest absolute Gasteiger partial charge is 0.479 e. The van der Waals surface area contributed by atoms with Crippen molar-refractivity contribution >= 4 is 11.9 Å². The fraction of sp³-hybridized carbons (Fsp3) is 0.353. The van der Waals surface area contributed by atoms with E-state index in [1.807, 2.05) is 0 Å². The van der Waals surface area contributed by atoms with Gasteiger partial charge in [0.2, 0.25) is 5.91 Å². The second-order valence-corrected chi connectivity index (χ2v) is 5.64. The van der Waals surface area contributed by atoms with E-state index in [9.17, 15) is 14.0 Å². The van der Waals surface area contributed by atoms with Crippen LogP contribution >= 0.6 is 0 Å². The summed E-state index contributed by atoms with van der Waals surface area (Å²) in [5, 5.41) is 8.96. The van der Waals surface area contributed by atoms with E-state index in [2.05, 4.69) is 4.98 Å². The molecule has 0 saturated carbocycles. The van der Waals surface area contributed by atoms with Crippen molar-refractivity contribution in [3.63, 3.8) is 0 Å². The predicted molar refractivity (Wildman–Crippen MR) is 84.2 cm³/mol. The van der Waals surface area contributed by atoms with Crippen LogP contribution < -0.4 is 0 Å². The summed E-state index contributed by atoms with van der Waals surface area (Å²) in [6.45, 7) is 0.577. The molecule has 0 unspecified atom stereocenters. The molecule has 0 radical (unpaired) electrons. The van der Waals surface area contributed by atoms with Crippen molar-refractivity contribution in [2.45, 2.75) is 18.9 Å². The smallest absolute Gasteiger partial charge is 0.334 e. The van der Waals surface area contributed by atoms with Gasteiger partial charge in [0, 0.05) is 19.4 Å². The summed E-state index contributed by atoms with van der Waals surface area (Å²) in [6.07, 6.45) is 0.811. The van der Waals surface area contributed by atoms with Crippen molar-refractivity contribution in [1.29, 1.82) is 0 Å². The molecule has 132 valence electrons. The topological polar surface area (TPSA) is 92.9 Å². The number of benzene rings is 1. The highest BCUT2D eigenvalue weighted by atomic mass is 19.1. The maximum absolute atomic E-state index is 13.7. The number of hydrogen-bond donors (Lipinski definition) is 1. The van der Waals surface area contributed by atoms with Gasteiger partial charge in [-0.1, -0.05) is 12.1 Å². The minimum Gasteiger partial charge on any atom is -0.479 e. The van der Waals surface area contributed by atoms with Crippen LogP contribution in [0.2, 0.25) is 0 Å². The fourth-order valence-corrected chi connectivity index (χ4v) is 2.61. The molecule has 3 rings (SSSR count). The quantitative estimate of drug-likeness (QED) is 0.884. The molecule has 1 aromatic heterocycles. The minimum atomic E-state index is -1.08. The van der Waals surface area contributed by atoms with Crippen LogP contribution in [0.25, 0.3) is 11.3 Å². The number of carboxylic acid groups (broad SMARTS) is 1. The van der Waals surface area contributed by atoms with Crippen LogP contribution in [0.3, 0.4) is 0 Å². The average molecular weight is 348 g/mol. The molecule has 0 spiro atoms. The van der Waals surface area contributed by atoms with E-state index in [1.165, 1.54) is 17.2 Å². The minimum absolute atomic E-state index is 0.0280. The average Bonchev–Trinajstić information content (AvgIpc) is 3.09. The zero-order chi connectivity index (χ0) is 17.8. The van der Waals surface area contributed by atoms with Crippen molar-refractivity contribution in [2.75, 3.05) is 19.7 Å². The SMILES string of the molecule is O=C(O)[C@H]1CN(C(=O)CCc2ncc(-c3ccccc3F)o2)CCO1. The van der Waals surface area contributed by atoms with Gasteiger partial charge >= 0.3 is 5.97 Å². The molecule has 1 amide bonds. The van der Waals surface area contributed by atoms with E-state index in [0.29, 0.717) is 23.8 Å². The van der Waals surface area contributed by atoms with Gasteiger partial charge in [0.1, 0.15) is 5.82 Å². The van der Waals surface area contributed by atoms with Crippen LogP contribution in [0, 0.1) is 5.82 Å². The van der Waals surface area contributed by atoms with Crippen LogP contribution in [0.4, 0.5) is 4.39 Å². The van der Waals surface area contributed by atoms with E-state index in [4.69, 9.17) is 14.3 Å². The summed E-state index contributed by atoms with van der Waals surface area (Å²) < 4.78 is 24.3. The van der Waals surface area contributed by atoms with Crippen molar-refractivity contribution in [2.24, 2.45) is 0 Å². The summed E-state index contributed by atoms with van der Waals surface area (Å²) in [5.74, 6) is -1.05. The summed E-state index contributed by atoms with van der Waals surface area (Å²) >= 11 is 0. The van der Waals surface area contributed by atoms with Gasteiger partial charge in [-0.3, -0.25) is 4.79 Å². The number of carbonyl (C=O) groups excluding carboxylic acids is 1. The third-order valence-corrected chi connectivity index (χ3v) is 3.94. The van der Waals surface area contributed by atoms with E-state index >= 15 is 0 Å². The Morgan fingerprint density at radius 2 is 2.16 bits per heavy atom. The molecule has 1 aliphatic heterocycles. The number of aromatic nitrogens is 1. The number of carbonyl (C=O) groups is 2. The molecule has 1 fully saturated rings. The first-order valence-corrected chi connectivity index (χ1v) is 7.86. The van der Waals surface area contributed by atoms with Crippen molar-refractivity contribution in [3.05, 3.63) is 42.2 Å². The Kier molecular flexibility index (Phi) is 5.08. The highest BCUT2D eigenvalue weighted by molar-refractivity contribution is 5.78. The molecule has 0 bridgehead atoms. The van der Waals surface area contributed by atoms with Gasteiger partial charge in [0.15, 0.2) is 17.8 Å². The molecule has 7 nitrogen and oxygen atoms in total. The summed E-state index contributed by atoms with van der Waals surface area (Å²) in [7, 11) is 0. The lowest BCUT2D eigenvalue weighted by Gasteiger charge is -2.30. The Morgan fingerprint density at radius 3 is 2.92 bits per heavy atom. The Balaban J connectivity index is 1.58. The Hall–Kier alpha value is -2.74. The molecule has 2 aromatic rings. The lowest BCUT2D eigenvalue weighted by atomic mass is 10.2. The number of carboxylic acids is 1. The molecule has 1 aliphatic rings. The maximum atomic E-state index is 13.7. The molecular formula is C17H17FN2O5. The van der Waals surface area contributed by atoms with Crippen molar-refractivity contribution < 1.29 is 28.2 Å². The molecule has 1 atom stereocenters. The number of oxazole rings is 1. The van der Waals surface area contributed by atoms with E-state index in [-0.39, 0.29) is 31.9 Å². The molecule has 0 aliphatic carbocycles. The number of morpholine rings is 1. The first-order valence-electron chi connectivity index (χ1n) is 7.86. The van der Waals surface area contributed by atoms with Gasteiger partial charge < -0.3 is 19.2 Å². The Labute approximate surface area is 143 Å². The Bertz CT molecular complexity index is 776. The van der Waals surface area contributed by atoms with E-state index < -0.39 is 17.9 Å². The van der Waals surface area contributed by atoms with Crippen molar-refractivity contribution in [3.8, 4) is 11.3 Å². The number of amides is 1. The number of ether oxygens (including phenoxy) is 1. The second kappa shape index (κ2) is 7.43. The van der Waals surface area contributed by atoms with E-state index in [0.717, 1.165) is 0 Å². The van der Waals surface area contributed by atoms with Crippen molar-refractivity contribution in [1.82, 2.24) is 9.88 Å². The third kappa shape index (κ3) is 4.03. The molecule has 8 heteroatoms. The van der Waals surface area contributed by atoms with Gasteiger partial charge in [0.25, 0.3) is 0 Å². The highest BCUT2D eigenvalue weighted by Gasteiger charge is 2.28. The number of rotatable bonds is 5. The first-order chi connectivity index (χ1) is 12.0. The molecule has 1 aromatic carbocycles. The second-order valence-electron chi connectivity index (χ2n) is 5.64. The predicted octanol–water partition coefficient (Wildman–Crippen LogP) is 1.73. The standard InChI is InChI=1S/C17H17FN2O5/c18-12-4-2-1-3-11(12)13-9-19-15(25-13)5-6-16(21)20-7-8-24-14(10-20)17(22)23/h1-4,9,14H,5-8,10H2,(H,22,23)/t14-/m1/s1. The lowest BCUT2D eigenvalue weighted by Crippen LogP contribution is -2.48. The maximum Gasteiger partial charge on any atom is 0.334 e. The zero-order valence-electron chi connectivity index (χ0n) is 13.4. The highest BCUT2D eigenvalue weighted by Crippen LogP contribution is 2.23. The van der Waals surface area contributed by atoms with Crippen LogP contribution in [0.15, 0.2) is 34.9 Å². The molecule has 25 heavy (non-hydrogen) atoms. The van der Waals surface area contributed by atoms with Gasteiger partial charge in [-0.15, -0.1) is 0 Å². The zero-order valence-corrected chi connectivity index (χ0v) is 13.4. The van der Waals surface area contributed by atoms with E-state index in [1.54, 1.807) is 18.2 Å². The number of aryl methyl sites for hydroxylation is 1. The first kappa shape index (κ1) is 17.1. The van der Waals surface area contributed by atoms with Gasteiger partial charge in [-0.2, -0.15) is 0 Å². The molecular weight excluding hydrogens is 331 g/mol. The van der Waals surface area contributed by atoms with Crippen LogP contribution in [0.5, 0.6) is 0 Å². The van der Waals surface area contributed by atoms with Gasteiger partial charge in [-0.25, -0.2) is 14.2 Å². The number of aliphatic carboxylic acids is 1. The van der Waals surface area contributed by atoms with Gasteiger partial charge in [0.05, 0.1) is 24.9 Å². The fourth-order valence-electron chi connectivity index (χ4n) is 2.61. The summed E-state index contributed by atoms with van der Waals surface area (Å²) in [4.78, 5) is 28.7. The number of hydrogen-bond acceptors (Lipinski definition) is 5. The van der Waals surface area contributed by atoms with Crippen LogP contribution in [-0.2, 0) is 20.7 Å². The normalized spacial score (nSPS) is 17.5. The van der Waals surface area contributed by atoms with Crippen LogP contribution in [-0.4, -0.2) is 52.7 Å². The lowest BCUT2D eigenvalue weighted by molar-refractivity contribution is -0.159. The monoisotopic (exact) mass is 348 g/mol. The van der Waals surface area contributed by atoms with Gasteiger partial charge in [-0.05, 0) is 12.1 Å². The Morgan fingerprint density at radius 1 is 1.36 bits per heavy atom. The molecule has 1 saturated heterocycles.